The van der Waals surface area contributed by atoms with Gasteiger partial charge in [-0.1, -0.05) is 19.8 Å². The molecule has 3 rings (SSSR count). The second-order valence-electron chi connectivity index (χ2n) is 7.79. The van der Waals surface area contributed by atoms with E-state index in [0.717, 1.165) is 37.6 Å². The zero-order chi connectivity index (χ0) is 15.4. The van der Waals surface area contributed by atoms with Gasteiger partial charge >= 0.3 is 0 Å². The van der Waals surface area contributed by atoms with E-state index in [1.165, 1.54) is 64.7 Å². The van der Waals surface area contributed by atoms with Gasteiger partial charge in [0.25, 0.3) is 0 Å². The smallest absolute Gasteiger partial charge is 0.0558 e. The van der Waals surface area contributed by atoms with Gasteiger partial charge in [0.1, 0.15) is 0 Å². The molecule has 2 saturated heterocycles. The van der Waals surface area contributed by atoms with Crippen molar-refractivity contribution in [3.63, 3.8) is 0 Å². The molecule has 0 bridgehead atoms. The number of nitrogens with zero attached hydrogens (tertiary/aromatic N) is 3. The van der Waals surface area contributed by atoms with Crippen LogP contribution >= 0.6 is 0 Å². The van der Waals surface area contributed by atoms with Crippen molar-refractivity contribution in [2.24, 2.45) is 5.92 Å². The van der Waals surface area contributed by atoms with Crippen molar-refractivity contribution in [1.29, 1.82) is 0 Å². The van der Waals surface area contributed by atoms with Gasteiger partial charge in [-0.15, -0.1) is 0 Å². The molecular formula is C18H35N3O. The highest BCUT2D eigenvalue weighted by Gasteiger charge is 2.31. The van der Waals surface area contributed by atoms with Crippen LogP contribution in [0.25, 0.3) is 0 Å². The molecule has 1 aliphatic carbocycles. The number of rotatable bonds is 4. The molecule has 0 spiro atoms. The molecule has 1 saturated carbocycles. The van der Waals surface area contributed by atoms with E-state index in [9.17, 15) is 0 Å². The van der Waals surface area contributed by atoms with E-state index in [4.69, 9.17) is 5.11 Å². The number of likely N-dealkylation sites (tertiary alicyclic amines) is 1. The predicted molar refractivity (Wildman–Crippen MR) is 91.1 cm³/mol. The van der Waals surface area contributed by atoms with Crippen LogP contribution in [0, 0.1) is 5.92 Å². The van der Waals surface area contributed by atoms with Gasteiger partial charge in [-0.25, -0.2) is 0 Å². The van der Waals surface area contributed by atoms with Gasteiger partial charge < -0.3 is 10.0 Å². The second-order valence-corrected chi connectivity index (χ2v) is 7.79. The molecule has 3 fully saturated rings. The molecule has 0 radical (unpaired) electrons. The molecule has 0 aromatic heterocycles. The van der Waals surface area contributed by atoms with Gasteiger partial charge in [0.05, 0.1) is 6.61 Å². The fraction of sp³-hybridized carbons (Fsp3) is 1.00. The largest absolute Gasteiger partial charge is 0.395 e. The summed E-state index contributed by atoms with van der Waals surface area (Å²) >= 11 is 0. The number of piperazine rings is 1. The van der Waals surface area contributed by atoms with E-state index in [0.29, 0.717) is 6.61 Å². The maximum absolute atomic E-state index is 9.04. The molecule has 0 amide bonds. The summed E-state index contributed by atoms with van der Waals surface area (Å²) in [6.45, 7) is 10.9. The van der Waals surface area contributed by atoms with Crippen LogP contribution in [0.15, 0.2) is 0 Å². The molecule has 128 valence electrons. The van der Waals surface area contributed by atoms with Crippen LogP contribution in [0.3, 0.4) is 0 Å². The summed E-state index contributed by atoms with van der Waals surface area (Å²) in [7, 11) is 0. The summed E-state index contributed by atoms with van der Waals surface area (Å²) in [6, 6.07) is 1.69. The zero-order valence-corrected chi connectivity index (χ0v) is 14.4. The first-order valence-corrected chi connectivity index (χ1v) is 9.57. The summed E-state index contributed by atoms with van der Waals surface area (Å²) in [5.74, 6) is 0.941. The zero-order valence-electron chi connectivity index (χ0n) is 14.4. The van der Waals surface area contributed by atoms with Gasteiger partial charge in [-0.05, 0) is 44.7 Å². The minimum Gasteiger partial charge on any atom is -0.395 e. The fourth-order valence-corrected chi connectivity index (χ4v) is 4.84. The van der Waals surface area contributed by atoms with Crippen molar-refractivity contribution in [2.45, 2.75) is 57.5 Å². The highest BCUT2D eigenvalue weighted by atomic mass is 16.3. The van der Waals surface area contributed by atoms with Crippen LogP contribution < -0.4 is 0 Å². The monoisotopic (exact) mass is 309 g/mol. The summed E-state index contributed by atoms with van der Waals surface area (Å²) in [5.41, 5.74) is 0. The third-order valence-corrected chi connectivity index (χ3v) is 6.26. The third-order valence-electron chi connectivity index (χ3n) is 6.26. The number of piperidine rings is 1. The van der Waals surface area contributed by atoms with Crippen molar-refractivity contribution in [3.05, 3.63) is 0 Å². The molecular weight excluding hydrogens is 274 g/mol. The van der Waals surface area contributed by atoms with Gasteiger partial charge in [-0.3, -0.25) is 9.80 Å². The Balaban J connectivity index is 1.40. The summed E-state index contributed by atoms with van der Waals surface area (Å²) in [5, 5.41) is 9.04. The van der Waals surface area contributed by atoms with E-state index in [1.807, 2.05) is 0 Å². The lowest BCUT2D eigenvalue weighted by Crippen LogP contribution is -2.54. The first-order valence-electron chi connectivity index (χ1n) is 9.57. The van der Waals surface area contributed by atoms with Crippen molar-refractivity contribution >= 4 is 0 Å². The Kier molecular flexibility index (Phi) is 6.14. The Morgan fingerprint density at radius 1 is 0.818 bits per heavy atom. The molecule has 22 heavy (non-hydrogen) atoms. The molecule has 1 N–H and O–H groups in total. The van der Waals surface area contributed by atoms with Gasteiger partial charge in [0, 0.05) is 44.8 Å². The Hall–Kier alpha value is -0.160. The number of hydrogen-bond acceptors (Lipinski definition) is 4. The van der Waals surface area contributed by atoms with Gasteiger partial charge in [0.2, 0.25) is 0 Å². The highest BCUT2D eigenvalue weighted by Crippen LogP contribution is 2.30. The SMILES string of the molecule is C[C@@H]1CCC[C@H](N2CCC(N3CCN(CCO)CC3)CC2)C1. The van der Waals surface area contributed by atoms with Crippen molar-refractivity contribution < 1.29 is 5.11 Å². The molecule has 4 heteroatoms. The van der Waals surface area contributed by atoms with Crippen LogP contribution in [-0.2, 0) is 0 Å². The normalized spacial score (nSPS) is 34.1. The van der Waals surface area contributed by atoms with Gasteiger partial charge in [-0.2, -0.15) is 0 Å². The van der Waals surface area contributed by atoms with E-state index < -0.39 is 0 Å². The summed E-state index contributed by atoms with van der Waals surface area (Å²) in [4.78, 5) is 7.91. The predicted octanol–water partition coefficient (Wildman–Crippen LogP) is 1.64. The van der Waals surface area contributed by atoms with Crippen molar-refractivity contribution in [3.8, 4) is 0 Å². The lowest BCUT2D eigenvalue weighted by atomic mass is 9.85. The van der Waals surface area contributed by atoms with Crippen LogP contribution in [-0.4, -0.2) is 84.3 Å². The average Bonchev–Trinajstić information content (AvgIpc) is 2.56. The fourth-order valence-electron chi connectivity index (χ4n) is 4.84. The van der Waals surface area contributed by atoms with E-state index >= 15 is 0 Å². The maximum Gasteiger partial charge on any atom is 0.0558 e. The number of aliphatic hydroxyl groups excluding tert-OH is 1. The van der Waals surface area contributed by atoms with Crippen molar-refractivity contribution in [2.75, 3.05) is 52.4 Å². The standard InChI is InChI=1S/C18H35N3O/c1-16-3-2-4-18(15-16)20-7-5-17(6-8-20)21-11-9-19(10-12-21)13-14-22/h16-18,22H,2-15H2,1H3/t16-,18+/m1/s1. The van der Waals surface area contributed by atoms with Crippen LogP contribution in [0.1, 0.15) is 45.4 Å². The Morgan fingerprint density at radius 3 is 2.14 bits per heavy atom. The quantitative estimate of drug-likeness (QED) is 0.855. The highest BCUT2D eigenvalue weighted by molar-refractivity contribution is 4.87. The Labute approximate surface area is 136 Å². The van der Waals surface area contributed by atoms with Crippen LogP contribution in [0.5, 0.6) is 0 Å². The molecule has 2 heterocycles. The maximum atomic E-state index is 9.04. The molecule has 0 unspecified atom stereocenters. The lowest BCUT2D eigenvalue weighted by molar-refractivity contribution is 0.0340. The Bertz CT molecular complexity index is 322. The average molecular weight is 309 g/mol. The minimum atomic E-state index is 0.304. The van der Waals surface area contributed by atoms with E-state index in [2.05, 4.69) is 21.6 Å². The molecule has 4 nitrogen and oxygen atoms in total. The summed E-state index contributed by atoms with van der Waals surface area (Å²) in [6.07, 6.45) is 8.50. The second kappa shape index (κ2) is 8.09. The lowest BCUT2D eigenvalue weighted by Gasteiger charge is -2.45. The number of aliphatic hydroxyl groups is 1. The third kappa shape index (κ3) is 4.22. The van der Waals surface area contributed by atoms with E-state index in [1.54, 1.807) is 0 Å². The van der Waals surface area contributed by atoms with Crippen LogP contribution in [0.4, 0.5) is 0 Å². The molecule has 2 atom stereocenters. The van der Waals surface area contributed by atoms with Crippen molar-refractivity contribution in [1.82, 2.24) is 14.7 Å². The Morgan fingerprint density at radius 2 is 1.50 bits per heavy atom. The van der Waals surface area contributed by atoms with E-state index in [-0.39, 0.29) is 0 Å². The first kappa shape index (κ1) is 16.7. The van der Waals surface area contributed by atoms with Gasteiger partial charge in [0.15, 0.2) is 0 Å². The molecule has 2 aliphatic heterocycles. The topological polar surface area (TPSA) is 30.0 Å². The first-order chi connectivity index (χ1) is 10.8. The minimum absolute atomic E-state index is 0.304. The number of hydrogen-bond donors (Lipinski definition) is 1. The molecule has 0 aromatic rings. The van der Waals surface area contributed by atoms with Crippen LogP contribution in [0.2, 0.25) is 0 Å². The number of β-amino-alcohol motifs (C(OH)–C–C–N with tert-alkyl or cyclic N) is 1. The molecule has 3 aliphatic rings. The summed E-state index contributed by atoms with van der Waals surface area (Å²) < 4.78 is 0. The molecule has 0 aromatic carbocycles.